The summed E-state index contributed by atoms with van der Waals surface area (Å²) in [5.41, 5.74) is 5.02. The maximum atomic E-state index is 12.2. The van der Waals surface area contributed by atoms with Gasteiger partial charge in [0.15, 0.2) is 12.1 Å². The van der Waals surface area contributed by atoms with Gasteiger partial charge in [-0.25, -0.2) is 9.59 Å². The minimum absolute atomic E-state index is 0.0638. The zero-order valence-electron chi connectivity index (χ0n) is 21.7. The maximum Gasteiger partial charge on any atom is 0.338 e. The Bertz CT molecular complexity index is 1490. The van der Waals surface area contributed by atoms with E-state index in [1.165, 1.54) is 26.4 Å². The third-order valence-corrected chi connectivity index (χ3v) is 6.30. The minimum atomic E-state index is -0.439. The summed E-state index contributed by atoms with van der Waals surface area (Å²) in [7, 11) is 2.70. The average molecular weight is 520 g/mol. The summed E-state index contributed by atoms with van der Waals surface area (Å²) in [6.07, 6.45) is 3.11. The number of methoxy groups -OCH3 is 2. The largest absolute Gasteiger partial charge is 0.465 e. The molecule has 0 atom stereocenters. The molecule has 0 radical (unpaired) electrons. The van der Waals surface area contributed by atoms with Crippen molar-refractivity contribution in [1.82, 2.24) is 4.57 Å². The Balaban J connectivity index is 0.000000186. The fourth-order valence-electron chi connectivity index (χ4n) is 4.59. The van der Waals surface area contributed by atoms with Gasteiger partial charge in [-0.1, -0.05) is 12.1 Å². The Hall–Kier alpha value is -4.08. The predicted octanol–water partition coefficient (Wildman–Crippen LogP) is 3.39. The first kappa shape index (κ1) is 27.0. The van der Waals surface area contributed by atoms with Crippen molar-refractivity contribution in [1.29, 1.82) is 0 Å². The molecule has 38 heavy (non-hydrogen) atoms. The maximum absolute atomic E-state index is 12.2. The molecular formula is C29H29NO8. The van der Waals surface area contributed by atoms with Gasteiger partial charge in [0, 0.05) is 17.9 Å². The van der Waals surface area contributed by atoms with Crippen LogP contribution in [0.25, 0.3) is 17.0 Å². The summed E-state index contributed by atoms with van der Waals surface area (Å²) in [6, 6.07) is 10.4. The lowest BCUT2D eigenvalue weighted by molar-refractivity contribution is -0.114. The fourth-order valence-corrected chi connectivity index (χ4v) is 4.59. The summed E-state index contributed by atoms with van der Waals surface area (Å²) in [6.45, 7) is 5.11. The number of ether oxygens (including phenoxy) is 4. The molecule has 2 aliphatic rings. The van der Waals surface area contributed by atoms with E-state index in [9.17, 15) is 19.2 Å². The van der Waals surface area contributed by atoms with E-state index in [4.69, 9.17) is 18.9 Å². The summed E-state index contributed by atoms with van der Waals surface area (Å²) in [4.78, 5) is 47.0. The number of fused-ring (bicyclic) bond motifs is 2. The van der Waals surface area contributed by atoms with Gasteiger partial charge in [0.2, 0.25) is 0 Å². The van der Waals surface area contributed by atoms with Crippen molar-refractivity contribution in [2.24, 2.45) is 0 Å². The molecule has 9 nitrogen and oxygen atoms in total. The number of pyridine rings is 1. The second-order valence-electron chi connectivity index (χ2n) is 9.04. The molecule has 1 aliphatic heterocycles. The molecule has 1 saturated heterocycles. The van der Waals surface area contributed by atoms with E-state index in [-0.39, 0.29) is 17.3 Å². The standard InChI is InChI=1S/C16H17NO5.C13H12O3/c1-10-7-12(16(19)20-2)11-3-4-14(18)17(13(11)8-10)9-15-21-5-6-22-15;1-8-5-9-7-10(14)3-4-11(9)12(6-8)13(15)16-2/h3-4,7-8,15H,5-6,9H2,1-2H3;3-6H,7H2,1-2H3. The second-order valence-corrected chi connectivity index (χ2v) is 9.04. The second kappa shape index (κ2) is 11.5. The highest BCUT2D eigenvalue weighted by Gasteiger charge is 2.21. The number of carbonyl (C=O) groups is 3. The van der Waals surface area contributed by atoms with Crippen LogP contribution >= 0.6 is 0 Å². The summed E-state index contributed by atoms with van der Waals surface area (Å²) in [5, 5.41) is 0.676. The Morgan fingerprint density at radius 1 is 0.895 bits per heavy atom. The number of allylic oxidation sites excluding steroid dienone is 1. The molecule has 2 aromatic carbocycles. The molecule has 0 N–H and O–H groups in total. The summed E-state index contributed by atoms with van der Waals surface area (Å²) >= 11 is 0. The number of esters is 2. The molecule has 1 fully saturated rings. The Morgan fingerprint density at radius 3 is 2.21 bits per heavy atom. The van der Waals surface area contributed by atoms with Gasteiger partial charge in [0.25, 0.3) is 5.56 Å². The molecule has 0 amide bonds. The van der Waals surface area contributed by atoms with Gasteiger partial charge in [0.05, 0.1) is 50.6 Å². The van der Waals surface area contributed by atoms with Gasteiger partial charge >= 0.3 is 11.9 Å². The molecule has 198 valence electrons. The van der Waals surface area contributed by atoms with Gasteiger partial charge in [-0.2, -0.15) is 0 Å². The van der Waals surface area contributed by atoms with E-state index in [1.54, 1.807) is 28.8 Å². The van der Waals surface area contributed by atoms with E-state index < -0.39 is 12.3 Å². The molecule has 1 aromatic heterocycles. The van der Waals surface area contributed by atoms with Crippen LogP contribution in [-0.2, 0) is 36.7 Å². The lowest BCUT2D eigenvalue weighted by atomic mass is 9.91. The SMILES string of the molecule is COC(=O)c1cc(C)cc2c1C=CC(=O)C2.COC(=O)c1cc(C)cc2c1ccc(=O)n2CC1OCCO1. The van der Waals surface area contributed by atoms with E-state index in [0.29, 0.717) is 48.2 Å². The van der Waals surface area contributed by atoms with Crippen molar-refractivity contribution < 1.29 is 33.3 Å². The quantitative estimate of drug-likeness (QED) is 0.483. The zero-order chi connectivity index (χ0) is 27.4. The molecule has 0 spiro atoms. The van der Waals surface area contributed by atoms with Gasteiger partial charge in [-0.05, 0) is 66.4 Å². The van der Waals surface area contributed by atoms with Crippen molar-refractivity contribution in [2.75, 3.05) is 27.4 Å². The highest BCUT2D eigenvalue weighted by Crippen LogP contribution is 2.24. The van der Waals surface area contributed by atoms with Crippen molar-refractivity contribution in [3.63, 3.8) is 0 Å². The van der Waals surface area contributed by atoms with Crippen LogP contribution in [-0.4, -0.2) is 56.0 Å². The number of rotatable bonds is 4. The molecule has 1 aliphatic carbocycles. The van der Waals surface area contributed by atoms with E-state index in [2.05, 4.69) is 0 Å². The lowest BCUT2D eigenvalue weighted by Crippen LogP contribution is -2.27. The normalized spacial score (nSPS) is 14.6. The third kappa shape index (κ3) is 5.74. The Kier molecular flexibility index (Phi) is 8.19. The van der Waals surface area contributed by atoms with Crippen molar-refractivity contribution in [3.05, 3.63) is 86.2 Å². The number of nitrogens with zero attached hydrogens (tertiary/aromatic N) is 1. The Labute approximate surface area is 219 Å². The average Bonchev–Trinajstić information content (AvgIpc) is 3.42. The summed E-state index contributed by atoms with van der Waals surface area (Å²) < 4.78 is 22.0. The number of aryl methyl sites for hydroxylation is 2. The number of ketones is 1. The van der Waals surface area contributed by atoms with Crippen molar-refractivity contribution in [3.8, 4) is 0 Å². The van der Waals surface area contributed by atoms with Crippen LogP contribution in [0.2, 0.25) is 0 Å². The monoisotopic (exact) mass is 519 g/mol. The van der Waals surface area contributed by atoms with Gasteiger partial charge < -0.3 is 23.5 Å². The van der Waals surface area contributed by atoms with E-state index in [0.717, 1.165) is 22.3 Å². The number of aromatic nitrogens is 1. The highest BCUT2D eigenvalue weighted by atomic mass is 16.7. The van der Waals surface area contributed by atoms with Crippen LogP contribution in [0.1, 0.15) is 43.0 Å². The highest BCUT2D eigenvalue weighted by molar-refractivity contribution is 6.04. The van der Waals surface area contributed by atoms with Crippen LogP contribution in [0.4, 0.5) is 0 Å². The number of benzene rings is 2. The van der Waals surface area contributed by atoms with Crippen LogP contribution in [0.15, 0.2) is 47.3 Å². The molecular weight excluding hydrogens is 490 g/mol. The molecule has 9 heteroatoms. The molecule has 3 aromatic rings. The molecule has 5 rings (SSSR count). The third-order valence-electron chi connectivity index (χ3n) is 6.30. The van der Waals surface area contributed by atoms with Crippen LogP contribution < -0.4 is 5.56 Å². The first-order chi connectivity index (χ1) is 18.2. The van der Waals surface area contributed by atoms with Gasteiger partial charge in [-0.3, -0.25) is 9.59 Å². The van der Waals surface area contributed by atoms with Gasteiger partial charge in [-0.15, -0.1) is 0 Å². The topological polar surface area (TPSA) is 110 Å². The first-order valence-corrected chi connectivity index (χ1v) is 12.1. The van der Waals surface area contributed by atoms with Crippen molar-refractivity contribution in [2.45, 2.75) is 33.1 Å². The summed E-state index contributed by atoms with van der Waals surface area (Å²) in [5.74, 6) is -0.722. The molecule has 0 saturated carbocycles. The number of carbonyl (C=O) groups excluding carboxylic acids is 3. The van der Waals surface area contributed by atoms with E-state index in [1.807, 2.05) is 26.0 Å². The van der Waals surface area contributed by atoms with Crippen molar-refractivity contribution >= 4 is 34.7 Å². The number of hydrogen-bond acceptors (Lipinski definition) is 8. The Morgan fingerprint density at radius 2 is 1.53 bits per heavy atom. The van der Waals surface area contributed by atoms with E-state index >= 15 is 0 Å². The van der Waals surface area contributed by atoms with Crippen LogP contribution in [0.5, 0.6) is 0 Å². The zero-order valence-corrected chi connectivity index (χ0v) is 21.7. The minimum Gasteiger partial charge on any atom is -0.465 e. The molecule has 2 heterocycles. The molecule has 0 unspecified atom stereocenters. The lowest BCUT2D eigenvalue weighted by Gasteiger charge is -2.16. The predicted molar refractivity (Wildman–Crippen MR) is 140 cm³/mol. The van der Waals surface area contributed by atoms with Gasteiger partial charge in [0.1, 0.15) is 0 Å². The van der Waals surface area contributed by atoms with Crippen LogP contribution in [0.3, 0.4) is 0 Å². The van der Waals surface area contributed by atoms with Crippen LogP contribution in [0, 0.1) is 13.8 Å². The molecule has 0 bridgehead atoms. The fraction of sp³-hybridized carbons (Fsp3) is 0.310. The first-order valence-electron chi connectivity index (χ1n) is 12.1. The smallest absolute Gasteiger partial charge is 0.338 e. The number of hydrogen-bond donors (Lipinski definition) is 0.